The van der Waals surface area contributed by atoms with E-state index >= 15 is 0 Å². The van der Waals surface area contributed by atoms with Crippen molar-refractivity contribution in [3.05, 3.63) is 57.6 Å². The minimum atomic E-state index is -1.30. The molecule has 3 atom stereocenters. The number of aliphatic hydroxyl groups is 2. The van der Waals surface area contributed by atoms with Gasteiger partial charge in [-0.1, -0.05) is 24.3 Å². The van der Waals surface area contributed by atoms with E-state index in [9.17, 15) is 30.0 Å². The van der Waals surface area contributed by atoms with E-state index in [1.165, 1.54) is 19.1 Å². The van der Waals surface area contributed by atoms with Crippen LogP contribution in [0.1, 0.15) is 62.4 Å². The molecule has 0 heterocycles. The zero-order valence-electron chi connectivity index (χ0n) is 14.6. The number of carbonyl (C=O) groups excluding carboxylic acids is 2. The third-order valence-electron chi connectivity index (χ3n) is 5.70. The van der Waals surface area contributed by atoms with E-state index in [0.717, 1.165) is 0 Å². The Balaban J connectivity index is 2.02. The van der Waals surface area contributed by atoms with Gasteiger partial charge in [0.25, 0.3) is 0 Å². The molecule has 0 radical (unpaired) electrons. The molecule has 0 aromatic heterocycles. The van der Waals surface area contributed by atoms with Crippen LogP contribution in [0.2, 0.25) is 0 Å². The summed E-state index contributed by atoms with van der Waals surface area (Å²) in [6.45, 7) is 1.47. The summed E-state index contributed by atoms with van der Waals surface area (Å²) in [4.78, 5) is 25.8. The van der Waals surface area contributed by atoms with Crippen LogP contribution in [0.5, 0.6) is 11.5 Å². The molecule has 6 N–H and O–H groups in total. The molecule has 2 aromatic carbocycles. The molecule has 2 aromatic rings. The third-order valence-corrected chi connectivity index (χ3v) is 5.70. The van der Waals surface area contributed by atoms with Gasteiger partial charge in [0.2, 0.25) is 0 Å². The highest BCUT2D eigenvalue weighted by Gasteiger charge is 2.45. The molecular formula is C20H19NO6. The number of hydrogen-bond acceptors (Lipinski definition) is 7. The van der Waals surface area contributed by atoms with Crippen LogP contribution < -0.4 is 5.73 Å². The van der Waals surface area contributed by atoms with Gasteiger partial charge < -0.3 is 26.2 Å². The summed E-state index contributed by atoms with van der Waals surface area (Å²) in [6.07, 6.45) is -2.43. The van der Waals surface area contributed by atoms with Crippen molar-refractivity contribution in [3.63, 3.8) is 0 Å². The average Bonchev–Trinajstić information content (AvgIpc) is 2.62. The number of hydrogen-bond donors (Lipinski definition) is 5. The SMILES string of the molecule is CC(O)[C@]1(N)Cc2c(O)c3c(c(O)c2[C@H](O)C1)C(=O)c1ccccc1C3=O. The molecule has 140 valence electrons. The van der Waals surface area contributed by atoms with Gasteiger partial charge in [-0.15, -0.1) is 0 Å². The molecule has 7 heteroatoms. The molecule has 0 saturated heterocycles. The Morgan fingerprint density at radius 3 is 2.11 bits per heavy atom. The molecule has 0 bridgehead atoms. The van der Waals surface area contributed by atoms with Gasteiger partial charge in [-0.3, -0.25) is 9.59 Å². The van der Waals surface area contributed by atoms with Crippen LogP contribution in [0.4, 0.5) is 0 Å². The van der Waals surface area contributed by atoms with E-state index < -0.39 is 40.8 Å². The number of aliphatic hydroxyl groups excluding tert-OH is 2. The number of fused-ring (bicyclic) bond motifs is 3. The average molecular weight is 369 g/mol. The van der Waals surface area contributed by atoms with Crippen molar-refractivity contribution in [2.45, 2.75) is 37.5 Å². The van der Waals surface area contributed by atoms with Crippen LogP contribution in [-0.4, -0.2) is 43.6 Å². The fourth-order valence-corrected chi connectivity index (χ4v) is 4.10. The molecular weight excluding hydrogens is 350 g/mol. The van der Waals surface area contributed by atoms with Gasteiger partial charge in [-0.2, -0.15) is 0 Å². The number of phenolic OH excluding ortho intramolecular Hbond substituents is 2. The van der Waals surface area contributed by atoms with E-state index in [2.05, 4.69) is 0 Å². The van der Waals surface area contributed by atoms with Gasteiger partial charge in [0.15, 0.2) is 11.6 Å². The fraction of sp³-hybridized carbons (Fsp3) is 0.300. The second-order valence-electron chi connectivity index (χ2n) is 7.35. The number of rotatable bonds is 1. The molecule has 2 aliphatic rings. The highest BCUT2D eigenvalue weighted by Crippen LogP contribution is 2.50. The summed E-state index contributed by atoms with van der Waals surface area (Å²) >= 11 is 0. The lowest BCUT2D eigenvalue weighted by atomic mass is 9.70. The summed E-state index contributed by atoms with van der Waals surface area (Å²) in [5, 5.41) is 42.1. The van der Waals surface area contributed by atoms with Gasteiger partial charge in [0, 0.05) is 27.8 Å². The Morgan fingerprint density at radius 1 is 1.07 bits per heavy atom. The summed E-state index contributed by atoms with van der Waals surface area (Å²) in [6, 6.07) is 6.16. The van der Waals surface area contributed by atoms with Crippen molar-refractivity contribution in [3.8, 4) is 11.5 Å². The Bertz CT molecular complexity index is 1010. The first-order valence-corrected chi connectivity index (χ1v) is 8.61. The van der Waals surface area contributed by atoms with Gasteiger partial charge in [0.05, 0.1) is 23.3 Å². The highest BCUT2D eigenvalue weighted by molar-refractivity contribution is 6.30. The van der Waals surface area contributed by atoms with Crippen molar-refractivity contribution >= 4 is 11.6 Å². The van der Waals surface area contributed by atoms with E-state index in [1.54, 1.807) is 12.1 Å². The maximum atomic E-state index is 12.9. The van der Waals surface area contributed by atoms with Crippen LogP contribution in [0.25, 0.3) is 0 Å². The molecule has 7 nitrogen and oxygen atoms in total. The van der Waals surface area contributed by atoms with Crippen LogP contribution in [-0.2, 0) is 6.42 Å². The van der Waals surface area contributed by atoms with E-state index in [-0.39, 0.29) is 46.2 Å². The Kier molecular flexibility index (Phi) is 3.68. The largest absolute Gasteiger partial charge is 0.507 e. The minimum Gasteiger partial charge on any atom is -0.507 e. The molecule has 27 heavy (non-hydrogen) atoms. The van der Waals surface area contributed by atoms with Gasteiger partial charge >= 0.3 is 0 Å². The lowest BCUT2D eigenvalue weighted by Gasteiger charge is -2.40. The minimum absolute atomic E-state index is 0.0199. The Labute approximate surface area is 154 Å². The van der Waals surface area contributed by atoms with Crippen LogP contribution in [0.3, 0.4) is 0 Å². The van der Waals surface area contributed by atoms with Crippen LogP contribution >= 0.6 is 0 Å². The normalized spacial score (nSPS) is 24.8. The van der Waals surface area contributed by atoms with Crippen molar-refractivity contribution in [1.82, 2.24) is 0 Å². The first-order valence-electron chi connectivity index (χ1n) is 8.61. The second-order valence-corrected chi connectivity index (χ2v) is 7.35. The highest BCUT2D eigenvalue weighted by atomic mass is 16.3. The first-order chi connectivity index (χ1) is 12.7. The molecule has 0 aliphatic heterocycles. The predicted molar refractivity (Wildman–Crippen MR) is 95.0 cm³/mol. The topological polar surface area (TPSA) is 141 Å². The van der Waals surface area contributed by atoms with E-state index in [0.29, 0.717) is 0 Å². The molecule has 0 saturated carbocycles. The zero-order chi connectivity index (χ0) is 19.7. The van der Waals surface area contributed by atoms with Crippen molar-refractivity contribution in [1.29, 1.82) is 0 Å². The molecule has 0 amide bonds. The standard InChI is InChI=1S/C20H19NO6/c1-8(22)20(21)6-11-13(12(23)7-20)19(27)15-14(18(11)26)16(24)9-4-2-3-5-10(9)17(15)25/h2-5,8,12,22-23,26-27H,6-7,21H2,1H3/t8?,12-,20+/m1/s1. The number of carbonyl (C=O) groups is 2. The molecule has 2 aliphatic carbocycles. The number of benzene rings is 2. The monoisotopic (exact) mass is 369 g/mol. The molecule has 4 rings (SSSR count). The van der Waals surface area contributed by atoms with Crippen LogP contribution in [0.15, 0.2) is 24.3 Å². The van der Waals surface area contributed by atoms with Gasteiger partial charge in [-0.05, 0) is 19.8 Å². The number of phenols is 2. The Morgan fingerprint density at radius 2 is 1.59 bits per heavy atom. The quantitative estimate of drug-likeness (QED) is 0.402. The number of nitrogens with two attached hydrogens (primary N) is 1. The number of ketones is 2. The maximum Gasteiger partial charge on any atom is 0.198 e. The predicted octanol–water partition coefficient (Wildman–Crippen LogP) is 0.931. The number of aromatic hydroxyl groups is 2. The molecule has 0 spiro atoms. The summed E-state index contributed by atoms with van der Waals surface area (Å²) < 4.78 is 0. The maximum absolute atomic E-state index is 12.9. The first kappa shape index (κ1) is 17.7. The van der Waals surface area contributed by atoms with Crippen LogP contribution in [0, 0.1) is 0 Å². The Hall–Kier alpha value is -2.74. The van der Waals surface area contributed by atoms with Crippen molar-refractivity contribution < 1.29 is 30.0 Å². The molecule has 1 unspecified atom stereocenters. The third kappa shape index (κ3) is 2.26. The smallest absolute Gasteiger partial charge is 0.198 e. The zero-order valence-corrected chi connectivity index (χ0v) is 14.6. The lowest BCUT2D eigenvalue weighted by molar-refractivity contribution is 0.0386. The summed E-state index contributed by atoms with van der Waals surface area (Å²) in [5.74, 6) is -2.19. The van der Waals surface area contributed by atoms with E-state index in [1.807, 2.05) is 0 Å². The van der Waals surface area contributed by atoms with Crippen molar-refractivity contribution in [2.75, 3.05) is 0 Å². The van der Waals surface area contributed by atoms with Crippen molar-refractivity contribution in [2.24, 2.45) is 5.73 Å². The van der Waals surface area contributed by atoms with Gasteiger partial charge in [0.1, 0.15) is 11.5 Å². The second kappa shape index (κ2) is 5.63. The molecule has 0 fully saturated rings. The fourth-order valence-electron chi connectivity index (χ4n) is 4.10. The summed E-state index contributed by atoms with van der Waals surface area (Å²) in [7, 11) is 0. The van der Waals surface area contributed by atoms with E-state index in [4.69, 9.17) is 5.73 Å². The van der Waals surface area contributed by atoms with Gasteiger partial charge in [-0.25, -0.2) is 0 Å². The summed E-state index contributed by atoms with van der Waals surface area (Å²) in [5.41, 5.74) is 4.66. The lowest BCUT2D eigenvalue weighted by Crippen LogP contribution is -2.54.